The minimum absolute atomic E-state index is 0.0389. The molecule has 1 heterocycles. The van der Waals surface area contributed by atoms with E-state index in [0.717, 1.165) is 11.8 Å². The van der Waals surface area contributed by atoms with Crippen LogP contribution in [0.3, 0.4) is 0 Å². The average molecular weight is 440 g/mol. The number of carbonyl (C=O) groups excluding carboxylic acids is 3. The molecular weight excluding hydrogens is 410 g/mol. The first-order valence-corrected chi connectivity index (χ1v) is 11.9. The van der Waals surface area contributed by atoms with Crippen molar-refractivity contribution >= 4 is 27.7 Å². The molecule has 2 rings (SSSR count). The second-order valence-electron chi connectivity index (χ2n) is 7.39. The zero-order chi connectivity index (χ0) is 22.1. The molecule has 1 aliphatic rings. The lowest BCUT2D eigenvalue weighted by molar-refractivity contribution is -0.137. The Morgan fingerprint density at radius 1 is 1.17 bits per heavy atom. The molecule has 1 fully saturated rings. The van der Waals surface area contributed by atoms with Gasteiger partial charge in [0.25, 0.3) is 0 Å². The Morgan fingerprint density at radius 2 is 1.80 bits per heavy atom. The Labute approximate surface area is 177 Å². The quantitative estimate of drug-likeness (QED) is 0.615. The summed E-state index contributed by atoms with van der Waals surface area (Å²) in [6, 6.07) is 8.07. The number of ether oxygens (including phenoxy) is 1. The summed E-state index contributed by atoms with van der Waals surface area (Å²) >= 11 is 0. The number of hydrogen-bond donors (Lipinski definition) is 2. The van der Waals surface area contributed by atoms with Crippen molar-refractivity contribution in [1.82, 2.24) is 15.5 Å². The van der Waals surface area contributed by atoms with Crippen LogP contribution in [-0.4, -0.2) is 69.4 Å². The number of rotatable bonds is 8. The summed E-state index contributed by atoms with van der Waals surface area (Å²) in [7, 11) is -1.74. The van der Waals surface area contributed by atoms with Crippen LogP contribution in [0.4, 0.5) is 4.79 Å². The second-order valence-corrected chi connectivity index (χ2v) is 9.65. The van der Waals surface area contributed by atoms with Crippen molar-refractivity contribution in [3.8, 4) is 0 Å². The van der Waals surface area contributed by atoms with Gasteiger partial charge in [0.2, 0.25) is 11.8 Å². The number of sulfone groups is 1. The van der Waals surface area contributed by atoms with E-state index in [1.165, 1.54) is 0 Å². The molecule has 9 nitrogen and oxygen atoms in total. The van der Waals surface area contributed by atoms with E-state index >= 15 is 0 Å². The van der Waals surface area contributed by atoms with Crippen LogP contribution in [0.25, 0.3) is 0 Å². The standard InChI is InChI=1S/C20H29N3O6S/c1-21-18(24)16-8-11-23(12-9-16)19(25)17(10-13-30(2,27)28)22-20(26)29-14-15-6-4-3-5-7-15/h3-7,16-17H,8-14H2,1-2H3,(H,21,24)(H,22,26)/t17-/m0/s1. The summed E-state index contributed by atoms with van der Waals surface area (Å²) in [5.74, 6) is -0.821. The van der Waals surface area contributed by atoms with Crippen LogP contribution in [-0.2, 0) is 30.8 Å². The molecule has 30 heavy (non-hydrogen) atoms. The van der Waals surface area contributed by atoms with Crippen LogP contribution in [0, 0.1) is 5.92 Å². The fourth-order valence-corrected chi connectivity index (χ4v) is 3.95. The molecule has 1 aromatic carbocycles. The van der Waals surface area contributed by atoms with Crippen molar-refractivity contribution in [2.45, 2.75) is 31.9 Å². The molecule has 10 heteroatoms. The number of amides is 3. The number of alkyl carbamates (subject to hydrolysis) is 1. The fraction of sp³-hybridized carbons (Fsp3) is 0.550. The van der Waals surface area contributed by atoms with E-state index in [2.05, 4.69) is 10.6 Å². The molecule has 2 N–H and O–H groups in total. The Kier molecular flexibility index (Phi) is 8.64. The van der Waals surface area contributed by atoms with Crippen LogP contribution < -0.4 is 10.6 Å². The van der Waals surface area contributed by atoms with E-state index in [9.17, 15) is 22.8 Å². The maximum Gasteiger partial charge on any atom is 0.408 e. The van der Waals surface area contributed by atoms with E-state index in [-0.39, 0.29) is 36.5 Å². The van der Waals surface area contributed by atoms with Gasteiger partial charge in [-0.25, -0.2) is 13.2 Å². The third-order valence-corrected chi connectivity index (χ3v) is 5.98. The van der Waals surface area contributed by atoms with E-state index in [4.69, 9.17) is 4.74 Å². The summed E-state index contributed by atoms with van der Waals surface area (Å²) in [5.41, 5.74) is 0.794. The van der Waals surface area contributed by atoms with Crippen molar-refractivity contribution in [3.05, 3.63) is 35.9 Å². The molecule has 0 radical (unpaired) electrons. The van der Waals surface area contributed by atoms with Gasteiger partial charge in [0.05, 0.1) is 5.75 Å². The van der Waals surface area contributed by atoms with Gasteiger partial charge in [-0.2, -0.15) is 0 Å². The average Bonchev–Trinajstić information content (AvgIpc) is 2.74. The highest BCUT2D eigenvalue weighted by Gasteiger charge is 2.32. The fourth-order valence-electron chi connectivity index (χ4n) is 3.28. The number of likely N-dealkylation sites (tertiary alicyclic amines) is 1. The zero-order valence-corrected chi connectivity index (χ0v) is 18.1. The van der Waals surface area contributed by atoms with Crippen LogP contribution in [0.1, 0.15) is 24.8 Å². The number of nitrogens with zero attached hydrogens (tertiary/aromatic N) is 1. The van der Waals surface area contributed by atoms with Crippen molar-refractivity contribution in [1.29, 1.82) is 0 Å². The predicted molar refractivity (Wildman–Crippen MR) is 111 cm³/mol. The molecule has 0 aliphatic carbocycles. The Hall–Kier alpha value is -2.62. The maximum atomic E-state index is 12.9. The number of benzene rings is 1. The van der Waals surface area contributed by atoms with E-state index in [1.54, 1.807) is 24.1 Å². The monoisotopic (exact) mass is 439 g/mol. The molecule has 1 saturated heterocycles. The summed E-state index contributed by atoms with van der Waals surface area (Å²) in [6.07, 6.45) is 1.28. The largest absolute Gasteiger partial charge is 0.445 e. The van der Waals surface area contributed by atoms with Crippen molar-refractivity contribution in [2.24, 2.45) is 5.92 Å². The highest BCUT2D eigenvalue weighted by Crippen LogP contribution is 2.18. The van der Waals surface area contributed by atoms with Gasteiger partial charge < -0.3 is 20.3 Å². The highest BCUT2D eigenvalue weighted by molar-refractivity contribution is 7.90. The van der Waals surface area contributed by atoms with Crippen molar-refractivity contribution in [3.63, 3.8) is 0 Å². The van der Waals surface area contributed by atoms with Crippen LogP contribution in [0.5, 0.6) is 0 Å². The normalized spacial score (nSPS) is 15.9. The summed E-state index contributed by atoms with van der Waals surface area (Å²) in [5, 5.41) is 5.12. The number of carbonyl (C=O) groups is 3. The van der Waals surface area contributed by atoms with Crippen LogP contribution >= 0.6 is 0 Å². The van der Waals surface area contributed by atoms with Gasteiger partial charge in [-0.15, -0.1) is 0 Å². The molecule has 0 aromatic heterocycles. The van der Waals surface area contributed by atoms with Gasteiger partial charge in [0.15, 0.2) is 0 Å². The summed E-state index contributed by atoms with van der Waals surface area (Å²) in [4.78, 5) is 38.5. The maximum absolute atomic E-state index is 12.9. The molecule has 0 spiro atoms. The zero-order valence-electron chi connectivity index (χ0n) is 17.3. The van der Waals surface area contributed by atoms with E-state index in [1.807, 2.05) is 18.2 Å². The molecule has 1 aliphatic heterocycles. The molecule has 1 atom stereocenters. The Bertz CT molecular complexity index is 835. The van der Waals surface area contributed by atoms with Crippen LogP contribution in [0.15, 0.2) is 30.3 Å². The first kappa shape index (κ1) is 23.7. The molecule has 0 bridgehead atoms. The smallest absolute Gasteiger partial charge is 0.408 e. The number of piperidine rings is 1. The van der Waals surface area contributed by atoms with Crippen molar-refractivity contribution in [2.75, 3.05) is 32.1 Å². The minimum atomic E-state index is -3.31. The van der Waals surface area contributed by atoms with Gasteiger partial charge in [-0.1, -0.05) is 30.3 Å². The first-order valence-electron chi connectivity index (χ1n) is 9.85. The SMILES string of the molecule is CNC(=O)C1CCN(C(=O)[C@H](CCS(C)(=O)=O)NC(=O)OCc2ccccc2)CC1. The molecule has 3 amide bonds. The van der Waals surface area contributed by atoms with Gasteiger partial charge in [-0.05, 0) is 24.8 Å². The molecule has 0 unspecified atom stereocenters. The van der Waals surface area contributed by atoms with E-state index < -0.39 is 22.0 Å². The molecule has 166 valence electrons. The molecular formula is C20H29N3O6S. The highest BCUT2D eigenvalue weighted by atomic mass is 32.2. The van der Waals surface area contributed by atoms with Crippen molar-refractivity contribution < 1.29 is 27.5 Å². The van der Waals surface area contributed by atoms with Crippen LogP contribution in [0.2, 0.25) is 0 Å². The second kappa shape index (κ2) is 11.0. The summed E-state index contributed by atoms with van der Waals surface area (Å²) in [6.45, 7) is 0.775. The Balaban J connectivity index is 1.96. The van der Waals surface area contributed by atoms with Gasteiger partial charge in [-0.3, -0.25) is 9.59 Å². The molecule has 0 saturated carbocycles. The third-order valence-electron chi connectivity index (χ3n) is 5.00. The number of hydrogen-bond acceptors (Lipinski definition) is 6. The number of nitrogens with one attached hydrogen (secondary N) is 2. The minimum Gasteiger partial charge on any atom is -0.445 e. The lowest BCUT2D eigenvalue weighted by Crippen LogP contribution is -2.52. The van der Waals surface area contributed by atoms with Gasteiger partial charge in [0.1, 0.15) is 22.5 Å². The third kappa shape index (κ3) is 7.66. The van der Waals surface area contributed by atoms with E-state index in [0.29, 0.717) is 25.9 Å². The lowest BCUT2D eigenvalue weighted by atomic mass is 9.95. The van der Waals surface area contributed by atoms with Gasteiger partial charge in [0, 0.05) is 32.3 Å². The topological polar surface area (TPSA) is 122 Å². The summed E-state index contributed by atoms with van der Waals surface area (Å²) < 4.78 is 28.3. The van der Waals surface area contributed by atoms with Gasteiger partial charge >= 0.3 is 6.09 Å². The Morgan fingerprint density at radius 3 is 2.37 bits per heavy atom. The predicted octanol–water partition coefficient (Wildman–Crippen LogP) is 0.701. The molecule has 1 aromatic rings. The lowest BCUT2D eigenvalue weighted by Gasteiger charge is -2.33. The first-order chi connectivity index (χ1) is 14.2.